The van der Waals surface area contributed by atoms with Crippen molar-refractivity contribution in [3.63, 3.8) is 0 Å². The van der Waals surface area contributed by atoms with Gasteiger partial charge in [-0.3, -0.25) is 14.4 Å². The number of benzene rings is 1. The summed E-state index contributed by atoms with van der Waals surface area (Å²) in [5.41, 5.74) is -0.692. The molecule has 0 aliphatic carbocycles. The maximum absolute atomic E-state index is 13.7. The predicted molar refractivity (Wildman–Crippen MR) is 116 cm³/mol. The van der Waals surface area contributed by atoms with Gasteiger partial charge < -0.3 is 14.8 Å². The van der Waals surface area contributed by atoms with Crippen molar-refractivity contribution in [2.45, 2.75) is 26.7 Å². The van der Waals surface area contributed by atoms with Crippen molar-refractivity contribution in [2.75, 3.05) is 18.5 Å². The first-order chi connectivity index (χ1) is 15.3. The van der Waals surface area contributed by atoms with Gasteiger partial charge in [0.1, 0.15) is 10.8 Å². The van der Waals surface area contributed by atoms with Crippen LogP contribution in [0.4, 0.5) is 9.39 Å². The fourth-order valence-electron chi connectivity index (χ4n) is 2.91. The van der Waals surface area contributed by atoms with Crippen LogP contribution in [0.15, 0.2) is 34.4 Å². The van der Waals surface area contributed by atoms with Gasteiger partial charge in [0.15, 0.2) is 5.69 Å². The van der Waals surface area contributed by atoms with Crippen LogP contribution >= 0.6 is 11.3 Å². The molecule has 32 heavy (non-hydrogen) atoms. The molecular formula is C21H20FN3O6S. The van der Waals surface area contributed by atoms with Crippen LogP contribution in [0, 0.1) is 5.82 Å². The molecule has 0 saturated carbocycles. The number of nitrogens with one attached hydrogen (secondary N) is 1. The van der Waals surface area contributed by atoms with Gasteiger partial charge in [0, 0.05) is 17.2 Å². The number of hydrogen-bond donors (Lipinski definition) is 1. The molecule has 11 heteroatoms. The van der Waals surface area contributed by atoms with E-state index in [1.807, 2.05) is 0 Å². The Morgan fingerprint density at radius 3 is 2.59 bits per heavy atom. The second-order valence-electron chi connectivity index (χ2n) is 6.47. The Morgan fingerprint density at radius 1 is 1.16 bits per heavy atom. The van der Waals surface area contributed by atoms with Gasteiger partial charge in [0.25, 0.3) is 5.56 Å². The molecule has 1 N–H and O–H groups in total. The second kappa shape index (κ2) is 10.1. The molecule has 0 aliphatic rings. The Bertz CT molecular complexity index is 1240. The zero-order valence-electron chi connectivity index (χ0n) is 17.3. The van der Waals surface area contributed by atoms with Crippen LogP contribution in [0.25, 0.3) is 16.5 Å². The molecule has 2 aromatic heterocycles. The Hall–Kier alpha value is -3.60. The average Bonchev–Trinajstić information content (AvgIpc) is 3.17. The molecule has 0 aliphatic heterocycles. The van der Waals surface area contributed by atoms with E-state index in [9.17, 15) is 23.6 Å². The van der Waals surface area contributed by atoms with Crippen molar-refractivity contribution in [2.24, 2.45) is 0 Å². The third kappa shape index (κ3) is 4.99. The normalized spacial score (nSPS) is 10.7. The van der Waals surface area contributed by atoms with Gasteiger partial charge in [-0.25, -0.2) is 9.18 Å². The van der Waals surface area contributed by atoms with E-state index in [0.29, 0.717) is 0 Å². The maximum Gasteiger partial charge on any atom is 0.359 e. The summed E-state index contributed by atoms with van der Waals surface area (Å²) >= 11 is 1.02. The fourth-order valence-corrected chi connectivity index (χ4v) is 3.87. The number of carbonyl (C=O) groups is 3. The van der Waals surface area contributed by atoms with E-state index in [-0.39, 0.29) is 53.2 Å². The van der Waals surface area contributed by atoms with Crippen molar-refractivity contribution in [3.8, 4) is 5.69 Å². The smallest absolute Gasteiger partial charge is 0.359 e. The standard InChI is InChI=1S/C21H20FN3O6S/c1-3-30-16(27)9-8-15(26)23-19-17-14(11-32-19)18(21(29)31-4-2)24-25(20(17)28)13-7-5-6-12(22)10-13/h5-7,10-11H,3-4,8-9H2,1-2H3,(H,23,26). The molecule has 9 nitrogen and oxygen atoms in total. The minimum Gasteiger partial charge on any atom is -0.466 e. The summed E-state index contributed by atoms with van der Waals surface area (Å²) in [5, 5.41) is 8.61. The molecule has 3 rings (SSSR count). The largest absolute Gasteiger partial charge is 0.466 e. The van der Waals surface area contributed by atoms with Crippen LogP contribution in [0.1, 0.15) is 37.2 Å². The molecule has 0 bridgehead atoms. The number of nitrogens with zero attached hydrogens (tertiary/aromatic N) is 2. The second-order valence-corrected chi connectivity index (χ2v) is 7.35. The lowest BCUT2D eigenvalue weighted by molar-refractivity contribution is -0.144. The molecule has 168 valence electrons. The summed E-state index contributed by atoms with van der Waals surface area (Å²) in [7, 11) is 0. The number of halogens is 1. The molecule has 0 fully saturated rings. The van der Waals surface area contributed by atoms with Crippen molar-refractivity contribution < 1.29 is 28.2 Å². The predicted octanol–water partition coefficient (Wildman–Crippen LogP) is 3.04. The topological polar surface area (TPSA) is 117 Å². The first kappa shape index (κ1) is 23.1. The number of anilines is 1. The molecule has 1 aromatic carbocycles. The first-order valence-electron chi connectivity index (χ1n) is 9.78. The quantitative estimate of drug-likeness (QED) is 0.513. The highest BCUT2D eigenvalue weighted by Crippen LogP contribution is 2.31. The van der Waals surface area contributed by atoms with Gasteiger partial charge in [-0.2, -0.15) is 9.78 Å². The molecule has 0 spiro atoms. The number of amides is 1. The Balaban J connectivity index is 2.06. The summed E-state index contributed by atoms with van der Waals surface area (Å²) in [6, 6.07) is 5.17. The summed E-state index contributed by atoms with van der Waals surface area (Å²) < 4.78 is 24.5. The molecule has 2 heterocycles. The van der Waals surface area contributed by atoms with Gasteiger partial charge in [0.05, 0.1) is 30.7 Å². The first-order valence-corrected chi connectivity index (χ1v) is 10.7. The number of rotatable bonds is 8. The molecule has 0 radical (unpaired) electrons. The summed E-state index contributed by atoms with van der Waals surface area (Å²) in [6.07, 6.45) is -0.266. The van der Waals surface area contributed by atoms with Crippen LogP contribution in [-0.4, -0.2) is 40.8 Å². The van der Waals surface area contributed by atoms with Gasteiger partial charge in [-0.15, -0.1) is 11.3 Å². The Morgan fingerprint density at radius 2 is 1.91 bits per heavy atom. The van der Waals surface area contributed by atoms with E-state index in [4.69, 9.17) is 9.47 Å². The minimum absolute atomic E-state index is 0.0294. The highest BCUT2D eigenvalue weighted by atomic mass is 32.1. The van der Waals surface area contributed by atoms with E-state index in [1.54, 1.807) is 13.8 Å². The lowest BCUT2D eigenvalue weighted by atomic mass is 10.2. The number of hydrogen-bond acceptors (Lipinski definition) is 8. The number of fused-ring (bicyclic) bond motifs is 1. The molecule has 1 amide bonds. The molecule has 3 aromatic rings. The number of thiophene rings is 1. The summed E-state index contributed by atoms with van der Waals surface area (Å²) in [4.78, 5) is 49.5. The fraction of sp³-hybridized carbons (Fsp3) is 0.286. The average molecular weight is 461 g/mol. The van der Waals surface area contributed by atoms with E-state index in [1.165, 1.54) is 23.6 Å². The maximum atomic E-state index is 13.7. The SMILES string of the molecule is CCOC(=O)CCC(=O)Nc1scc2c(C(=O)OCC)nn(-c3cccc(F)c3)c(=O)c12. The van der Waals surface area contributed by atoms with E-state index < -0.39 is 29.2 Å². The van der Waals surface area contributed by atoms with Crippen molar-refractivity contribution >= 4 is 45.0 Å². The van der Waals surface area contributed by atoms with Crippen LogP contribution in [0.3, 0.4) is 0 Å². The minimum atomic E-state index is -0.763. The monoisotopic (exact) mass is 461 g/mol. The third-order valence-electron chi connectivity index (χ3n) is 4.29. The Kier molecular flexibility index (Phi) is 7.31. The van der Waals surface area contributed by atoms with Gasteiger partial charge in [-0.05, 0) is 32.0 Å². The van der Waals surface area contributed by atoms with E-state index in [0.717, 1.165) is 22.1 Å². The molecule has 0 unspecified atom stereocenters. The Labute approximate surface area is 185 Å². The van der Waals surface area contributed by atoms with Gasteiger partial charge >= 0.3 is 11.9 Å². The van der Waals surface area contributed by atoms with Crippen LogP contribution in [0.5, 0.6) is 0 Å². The lowest BCUT2D eigenvalue weighted by Gasteiger charge is -2.10. The zero-order valence-corrected chi connectivity index (χ0v) is 18.2. The number of aromatic nitrogens is 2. The lowest BCUT2D eigenvalue weighted by Crippen LogP contribution is -2.25. The van der Waals surface area contributed by atoms with Gasteiger partial charge in [0.2, 0.25) is 5.91 Å². The number of ether oxygens (including phenoxy) is 2. The van der Waals surface area contributed by atoms with Gasteiger partial charge in [-0.1, -0.05) is 6.07 Å². The van der Waals surface area contributed by atoms with Crippen molar-refractivity contribution in [3.05, 3.63) is 51.5 Å². The van der Waals surface area contributed by atoms with Crippen LogP contribution in [0.2, 0.25) is 0 Å². The van der Waals surface area contributed by atoms with Crippen molar-refractivity contribution in [1.82, 2.24) is 9.78 Å². The van der Waals surface area contributed by atoms with Crippen molar-refractivity contribution in [1.29, 1.82) is 0 Å². The third-order valence-corrected chi connectivity index (χ3v) is 5.18. The summed E-state index contributed by atoms with van der Waals surface area (Å²) in [5.74, 6) is -2.37. The molecule has 0 atom stereocenters. The summed E-state index contributed by atoms with van der Waals surface area (Å²) in [6.45, 7) is 3.58. The van der Waals surface area contributed by atoms with Crippen LogP contribution in [-0.2, 0) is 19.1 Å². The molecular weight excluding hydrogens is 441 g/mol. The van der Waals surface area contributed by atoms with E-state index >= 15 is 0 Å². The number of carbonyl (C=O) groups excluding carboxylic acids is 3. The highest BCUT2D eigenvalue weighted by molar-refractivity contribution is 7.16. The zero-order chi connectivity index (χ0) is 23.3. The number of esters is 2. The van der Waals surface area contributed by atoms with E-state index in [2.05, 4.69) is 10.4 Å². The highest BCUT2D eigenvalue weighted by Gasteiger charge is 2.23. The molecule has 0 saturated heterocycles. The van der Waals surface area contributed by atoms with Crippen LogP contribution < -0.4 is 10.9 Å².